The van der Waals surface area contributed by atoms with Gasteiger partial charge in [0, 0.05) is 6.04 Å². The molecule has 0 spiro atoms. The number of benzene rings is 1. The SMILES string of the molecule is CCNC(COc1cc(C(C)C)ccc1C)C(C)(C)C. The Kier molecular flexibility index (Phi) is 6.07. The fourth-order valence-electron chi connectivity index (χ4n) is 2.17. The molecule has 0 aliphatic heterocycles. The van der Waals surface area contributed by atoms with E-state index >= 15 is 0 Å². The van der Waals surface area contributed by atoms with Gasteiger partial charge in [0.25, 0.3) is 0 Å². The molecule has 0 aromatic heterocycles. The normalized spacial score (nSPS) is 13.6. The number of rotatable bonds is 6. The number of ether oxygens (including phenoxy) is 1. The molecule has 0 heterocycles. The second-order valence-electron chi connectivity index (χ2n) is 6.97. The summed E-state index contributed by atoms with van der Waals surface area (Å²) in [5, 5.41) is 3.52. The van der Waals surface area contributed by atoms with Crippen molar-refractivity contribution in [1.29, 1.82) is 0 Å². The Balaban J connectivity index is 2.79. The zero-order valence-electron chi connectivity index (χ0n) is 14.2. The number of likely N-dealkylation sites (N-methyl/N-ethyl adjacent to an activating group) is 1. The van der Waals surface area contributed by atoms with Crippen molar-refractivity contribution in [1.82, 2.24) is 5.32 Å². The average molecular weight is 277 g/mol. The third-order valence-corrected chi connectivity index (χ3v) is 3.78. The van der Waals surface area contributed by atoms with E-state index < -0.39 is 0 Å². The summed E-state index contributed by atoms with van der Waals surface area (Å²) in [4.78, 5) is 0. The Morgan fingerprint density at radius 1 is 1.20 bits per heavy atom. The van der Waals surface area contributed by atoms with Gasteiger partial charge in [-0.05, 0) is 42.0 Å². The summed E-state index contributed by atoms with van der Waals surface area (Å²) in [7, 11) is 0. The fourth-order valence-corrected chi connectivity index (χ4v) is 2.17. The highest BCUT2D eigenvalue weighted by Gasteiger charge is 2.24. The second kappa shape index (κ2) is 7.12. The molecule has 1 unspecified atom stereocenters. The Hall–Kier alpha value is -1.02. The minimum atomic E-state index is 0.194. The first-order valence-electron chi connectivity index (χ1n) is 7.72. The quantitative estimate of drug-likeness (QED) is 0.825. The van der Waals surface area contributed by atoms with Crippen LogP contribution in [0.15, 0.2) is 18.2 Å². The molecule has 0 bridgehead atoms. The van der Waals surface area contributed by atoms with Gasteiger partial charge in [0.1, 0.15) is 12.4 Å². The largest absolute Gasteiger partial charge is 0.492 e. The molecule has 1 aromatic carbocycles. The van der Waals surface area contributed by atoms with Crippen LogP contribution in [0, 0.1) is 12.3 Å². The van der Waals surface area contributed by atoms with Crippen LogP contribution in [-0.4, -0.2) is 19.2 Å². The number of hydrogen-bond donors (Lipinski definition) is 1. The van der Waals surface area contributed by atoms with Crippen LogP contribution in [0.25, 0.3) is 0 Å². The predicted molar refractivity (Wildman–Crippen MR) is 87.7 cm³/mol. The molecular weight excluding hydrogens is 246 g/mol. The zero-order valence-corrected chi connectivity index (χ0v) is 14.2. The highest BCUT2D eigenvalue weighted by molar-refractivity contribution is 5.37. The molecule has 0 fully saturated rings. The molecule has 1 atom stereocenters. The maximum Gasteiger partial charge on any atom is 0.122 e. The maximum absolute atomic E-state index is 6.11. The summed E-state index contributed by atoms with van der Waals surface area (Å²) >= 11 is 0. The first kappa shape index (κ1) is 17.0. The summed E-state index contributed by atoms with van der Waals surface area (Å²) in [6.07, 6.45) is 0. The lowest BCUT2D eigenvalue weighted by molar-refractivity contribution is 0.175. The molecule has 0 aliphatic rings. The monoisotopic (exact) mass is 277 g/mol. The van der Waals surface area contributed by atoms with Crippen molar-refractivity contribution in [3.05, 3.63) is 29.3 Å². The Morgan fingerprint density at radius 3 is 2.35 bits per heavy atom. The third kappa shape index (κ3) is 4.82. The molecular formula is C18H31NO. The van der Waals surface area contributed by atoms with Crippen molar-refractivity contribution in [2.45, 2.75) is 60.4 Å². The molecule has 0 amide bonds. The van der Waals surface area contributed by atoms with Gasteiger partial charge < -0.3 is 10.1 Å². The lowest BCUT2D eigenvalue weighted by Crippen LogP contribution is -2.44. The maximum atomic E-state index is 6.11. The number of nitrogens with one attached hydrogen (secondary N) is 1. The summed E-state index contributed by atoms with van der Waals surface area (Å²) in [5.41, 5.74) is 2.74. The molecule has 0 saturated heterocycles. The smallest absolute Gasteiger partial charge is 0.122 e. The van der Waals surface area contributed by atoms with Crippen molar-refractivity contribution in [2.24, 2.45) is 5.41 Å². The molecule has 0 radical (unpaired) electrons. The van der Waals surface area contributed by atoms with Crippen molar-refractivity contribution in [2.75, 3.05) is 13.2 Å². The van der Waals surface area contributed by atoms with Crippen molar-refractivity contribution in [3.63, 3.8) is 0 Å². The molecule has 2 nitrogen and oxygen atoms in total. The average Bonchev–Trinajstić information content (AvgIpc) is 2.34. The van der Waals surface area contributed by atoms with Gasteiger partial charge in [0.05, 0.1) is 0 Å². The van der Waals surface area contributed by atoms with Gasteiger partial charge >= 0.3 is 0 Å². The molecule has 0 saturated carbocycles. The van der Waals surface area contributed by atoms with Gasteiger partial charge in [-0.3, -0.25) is 0 Å². The number of aryl methyl sites for hydroxylation is 1. The first-order chi connectivity index (χ1) is 9.25. The summed E-state index contributed by atoms with van der Waals surface area (Å²) in [5.74, 6) is 1.55. The first-order valence-corrected chi connectivity index (χ1v) is 7.72. The molecule has 1 rings (SSSR count). The van der Waals surface area contributed by atoms with Crippen LogP contribution in [0.2, 0.25) is 0 Å². The lowest BCUT2D eigenvalue weighted by Gasteiger charge is -2.31. The van der Waals surface area contributed by atoms with Crippen LogP contribution in [-0.2, 0) is 0 Å². The van der Waals surface area contributed by atoms with E-state index in [1.807, 2.05) is 0 Å². The summed E-state index contributed by atoms with van der Waals surface area (Å²) < 4.78 is 6.11. The minimum Gasteiger partial charge on any atom is -0.492 e. The molecule has 114 valence electrons. The van der Waals surface area contributed by atoms with Gasteiger partial charge in [-0.2, -0.15) is 0 Å². The van der Waals surface area contributed by atoms with Crippen LogP contribution < -0.4 is 10.1 Å². The van der Waals surface area contributed by atoms with Gasteiger partial charge in [0.15, 0.2) is 0 Å². The third-order valence-electron chi connectivity index (χ3n) is 3.78. The molecule has 1 N–H and O–H groups in total. The van der Waals surface area contributed by atoms with E-state index in [9.17, 15) is 0 Å². The standard InChI is InChI=1S/C18H31NO/c1-8-19-17(18(5,6)7)12-20-16-11-15(13(2)3)10-9-14(16)4/h9-11,13,17,19H,8,12H2,1-7H3. The Bertz CT molecular complexity index is 418. The zero-order chi connectivity index (χ0) is 15.3. The number of hydrogen-bond acceptors (Lipinski definition) is 2. The van der Waals surface area contributed by atoms with Crippen molar-refractivity contribution >= 4 is 0 Å². The van der Waals surface area contributed by atoms with Gasteiger partial charge in [-0.25, -0.2) is 0 Å². The van der Waals surface area contributed by atoms with Crippen LogP contribution in [0.3, 0.4) is 0 Å². The van der Waals surface area contributed by atoms with Crippen LogP contribution in [0.5, 0.6) is 5.75 Å². The summed E-state index contributed by atoms with van der Waals surface area (Å²) in [6, 6.07) is 6.89. The van der Waals surface area contributed by atoms with Gasteiger partial charge in [-0.1, -0.05) is 53.7 Å². The van der Waals surface area contributed by atoms with E-state index in [0.717, 1.165) is 12.3 Å². The second-order valence-corrected chi connectivity index (χ2v) is 6.97. The fraction of sp³-hybridized carbons (Fsp3) is 0.667. The predicted octanol–water partition coefficient (Wildman–Crippen LogP) is 4.52. The van der Waals surface area contributed by atoms with Crippen LogP contribution in [0.1, 0.15) is 58.6 Å². The van der Waals surface area contributed by atoms with E-state index in [2.05, 4.69) is 72.0 Å². The molecule has 0 aliphatic carbocycles. The topological polar surface area (TPSA) is 21.3 Å². The van der Waals surface area contributed by atoms with Crippen LogP contribution in [0.4, 0.5) is 0 Å². The highest BCUT2D eigenvalue weighted by atomic mass is 16.5. The molecule has 20 heavy (non-hydrogen) atoms. The van der Waals surface area contributed by atoms with Gasteiger partial charge in [-0.15, -0.1) is 0 Å². The van der Waals surface area contributed by atoms with E-state index in [-0.39, 0.29) is 5.41 Å². The highest BCUT2D eigenvalue weighted by Crippen LogP contribution is 2.26. The molecule has 2 heteroatoms. The summed E-state index contributed by atoms with van der Waals surface area (Å²) in [6.45, 7) is 17.1. The van der Waals surface area contributed by atoms with E-state index in [4.69, 9.17) is 4.74 Å². The minimum absolute atomic E-state index is 0.194. The van der Waals surface area contributed by atoms with E-state index in [0.29, 0.717) is 18.6 Å². The van der Waals surface area contributed by atoms with Gasteiger partial charge in [0.2, 0.25) is 0 Å². The van der Waals surface area contributed by atoms with Crippen molar-refractivity contribution < 1.29 is 4.74 Å². The molecule has 1 aromatic rings. The van der Waals surface area contributed by atoms with Crippen molar-refractivity contribution in [3.8, 4) is 5.75 Å². The van der Waals surface area contributed by atoms with E-state index in [1.54, 1.807) is 0 Å². The van der Waals surface area contributed by atoms with Crippen LogP contribution >= 0.6 is 0 Å². The van der Waals surface area contributed by atoms with E-state index in [1.165, 1.54) is 11.1 Å². The Morgan fingerprint density at radius 2 is 1.85 bits per heavy atom. The lowest BCUT2D eigenvalue weighted by atomic mass is 9.87. The Labute approximate surface area is 124 Å².